The van der Waals surface area contributed by atoms with Crippen molar-refractivity contribution in [2.24, 2.45) is 11.8 Å². The number of hydrogen-bond donors (Lipinski definition) is 2. The maximum Gasteiger partial charge on any atom is 0.307 e. The standard InChI is InChI=1S/C25H28N2O3S2/c1-14-10-15(2)20(16(3)11-14)13-31-25-27-21-9-8-17(12-22(21)32-25)26-23(28)18-6-4-5-7-19(18)24(29)30/h8-12,18-19H,4-7,13H2,1-3H3,(H,26,28)(H,29,30)/t18-,19-/m1/s1. The monoisotopic (exact) mass is 468 g/mol. The number of aromatic nitrogens is 1. The molecule has 1 amide bonds. The number of aliphatic carboxylic acids is 1. The lowest BCUT2D eigenvalue weighted by Gasteiger charge is -2.27. The van der Waals surface area contributed by atoms with Gasteiger partial charge in [0.05, 0.1) is 22.1 Å². The highest BCUT2D eigenvalue weighted by Gasteiger charge is 2.35. The Morgan fingerprint density at radius 2 is 1.78 bits per heavy atom. The first-order valence-electron chi connectivity index (χ1n) is 11.0. The summed E-state index contributed by atoms with van der Waals surface area (Å²) in [6, 6.07) is 10.1. The van der Waals surface area contributed by atoms with Crippen LogP contribution in [0.25, 0.3) is 10.2 Å². The fourth-order valence-electron chi connectivity index (χ4n) is 4.59. The number of nitrogens with one attached hydrogen (secondary N) is 1. The molecule has 2 N–H and O–H groups in total. The van der Waals surface area contributed by atoms with Gasteiger partial charge in [0.2, 0.25) is 5.91 Å². The molecule has 0 bridgehead atoms. The van der Waals surface area contributed by atoms with Gasteiger partial charge in [0.25, 0.3) is 0 Å². The van der Waals surface area contributed by atoms with Gasteiger partial charge in [-0.1, -0.05) is 42.3 Å². The van der Waals surface area contributed by atoms with E-state index in [-0.39, 0.29) is 5.91 Å². The largest absolute Gasteiger partial charge is 0.481 e. The van der Waals surface area contributed by atoms with E-state index in [4.69, 9.17) is 4.98 Å². The highest BCUT2D eigenvalue weighted by atomic mass is 32.2. The summed E-state index contributed by atoms with van der Waals surface area (Å²) in [5.74, 6) is -1.25. The molecule has 0 spiro atoms. The lowest BCUT2D eigenvalue weighted by molar-refractivity contribution is -0.147. The van der Waals surface area contributed by atoms with Crippen molar-refractivity contribution in [2.75, 3.05) is 5.32 Å². The number of fused-ring (bicyclic) bond motifs is 1. The Bertz CT molecular complexity index is 1150. The Balaban J connectivity index is 1.46. The second-order valence-corrected chi connectivity index (χ2v) is 10.9. The molecule has 7 heteroatoms. The van der Waals surface area contributed by atoms with Crippen molar-refractivity contribution in [3.63, 3.8) is 0 Å². The molecule has 1 heterocycles. The first-order chi connectivity index (χ1) is 15.3. The molecule has 32 heavy (non-hydrogen) atoms. The second-order valence-electron chi connectivity index (χ2n) is 8.65. The number of aryl methyl sites for hydroxylation is 3. The van der Waals surface area contributed by atoms with E-state index in [1.807, 2.05) is 18.2 Å². The number of carbonyl (C=O) groups is 2. The molecule has 2 atom stereocenters. The SMILES string of the molecule is Cc1cc(C)c(CSc2nc3ccc(NC(=O)[C@@H]4CCCC[C@H]4C(=O)O)cc3s2)c(C)c1. The molecular weight excluding hydrogens is 440 g/mol. The van der Waals surface area contributed by atoms with Gasteiger partial charge in [-0.3, -0.25) is 9.59 Å². The van der Waals surface area contributed by atoms with Crippen molar-refractivity contribution in [2.45, 2.75) is 56.5 Å². The first-order valence-corrected chi connectivity index (χ1v) is 12.8. The van der Waals surface area contributed by atoms with E-state index >= 15 is 0 Å². The number of benzene rings is 2. The number of thiazole rings is 1. The Labute approximate surface area is 196 Å². The summed E-state index contributed by atoms with van der Waals surface area (Å²) in [7, 11) is 0. The van der Waals surface area contributed by atoms with E-state index in [1.54, 1.807) is 23.1 Å². The van der Waals surface area contributed by atoms with Crippen LogP contribution in [0.2, 0.25) is 0 Å². The molecule has 1 aromatic heterocycles. The third-order valence-corrected chi connectivity index (χ3v) is 8.42. The molecular formula is C25H28N2O3S2. The second kappa shape index (κ2) is 9.63. The number of carboxylic acid groups (broad SMARTS) is 1. The molecule has 0 radical (unpaired) electrons. The Hall–Kier alpha value is -2.38. The number of carboxylic acids is 1. The van der Waals surface area contributed by atoms with Crippen molar-refractivity contribution in [3.8, 4) is 0 Å². The van der Waals surface area contributed by atoms with E-state index in [2.05, 4.69) is 38.2 Å². The van der Waals surface area contributed by atoms with Gasteiger partial charge in [-0.05, 0) is 68.5 Å². The van der Waals surface area contributed by atoms with Crippen LogP contribution >= 0.6 is 23.1 Å². The third kappa shape index (κ3) is 4.99. The van der Waals surface area contributed by atoms with Gasteiger partial charge in [-0.25, -0.2) is 4.98 Å². The summed E-state index contributed by atoms with van der Waals surface area (Å²) in [5, 5.41) is 12.4. The van der Waals surface area contributed by atoms with Crippen molar-refractivity contribution < 1.29 is 14.7 Å². The summed E-state index contributed by atoms with van der Waals surface area (Å²) in [6.45, 7) is 6.44. The minimum Gasteiger partial charge on any atom is -0.481 e. The van der Waals surface area contributed by atoms with Crippen molar-refractivity contribution in [1.82, 2.24) is 4.98 Å². The van der Waals surface area contributed by atoms with E-state index < -0.39 is 17.8 Å². The number of amides is 1. The maximum absolute atomic E-state index is 12.8. The molecule has 0 aliphatic heterocycles. The number of rotatable bonds is 6. The maximum atomic E-state index is 12.8. The zero-order valence-electron chi connectivity index (χ0n) is 18.6. The molecule has 1 saturated carbocycles. The smallest absolute Gasteiger partial charge is 0.307 e. The van der Waals surface area contributed by atoms with E-state index in [9.17, 15) is 14.7 Å². The van der Waals surface area contributed by atoms with Crippen LogP contribution in [0.5, 0.6) is 0 Å². The molecule has 1 aliphatic rings. The van der Waals surface area contributed by atoms with Crippen molar-refractivity contribution in [1.29, 1.82) is 0 Å². The van der Waals surface area contributed by atoms with Gasteiger partial charge < -0.3 is 10.4 Å². The number of anilines is 1. The fourth-order valence-corrected chi connectivity index (χ4v) is 6.89. The van der Waals surface area contributed by atoms with Crippen LogP contribution in [-0.2, 0) is 15.3 Å². The van der Waals surface area contributed by atoms with Gasteiger partial charge >= 0.3 is 5.97 Å². The summed E-state index contributed by atoms with van der Waals surface area (Å²) in [5.41, 5.74) is 6.86. The number of nitrogens with zero attached hydrogens (tertiary/aromatic N) is 1. The van der Waals surface area contributed by atoms with Crippen LogP contribution in [0, 0.1) is 32.6 Å². The van der Waals surface area contributed by atoms with Crippen molar-refractivity contribution >= 4 is 50.9 Å². The Morgan fingerprint density at radius 3 is 2.47 bits per heavy atom. The molecule has 2 aromatic carbocycles. The number of carbonyl (C=O) groups excluding carboxylic acids is 1. The summed E-state index contributed by atoms with van der Waals surface area (Å²) < 4.78 is 2.02. The Kier molecular flexibility index (Phi) is 6.86. The minimum atomic E-state index is -0.872. The molecule has 0 saturated heterocycles. The van der Waals surface area contributed by atoms with Gasteiger partial charge in [0, 0.05) is 11.4 Å². The molecule has 1 fully saturated rings. The van der Waals surface area contributed by atoms with Gasteiger partial charge in [0.1, 0.15) is 0 Å². The molecule has 0 unspecified atom stereocenters. The van der Waals surface area contributed by atoms with Gasteiger partial charge in [-0.15, -0.1) is 11.3 Å². The quantitative estimate of drug-likeness (QED) is 0.413. The average Bonchev–Trinajstić information content (AvgIpc) is 3.15. The molecule has 5 nitrogen and oxygen atoms in total. The van der Waals surface area contributed by atoms with E-state index in [1.165, 1.54) is 22.3 Å². The minimum absolute atomic E-state index is 0.194. The highest BCUT2D eigenvalue weighted by molar-refractivity contribution is 8.00. The van der Waals surface area contributed by atoms with Gasteiger partial charge in [0.15, 0.2) is 4.34 Å². The lowest BCUT2D eigenvalue weighted by Crippen LogP contribution is -2.36. The van der Waals surface area contributed by atoms with E-state index in [0.717, 1.165) is 33.2 Å². The molecule has 4 rings (SSSR count). The van der Waals surface area contributed by atoms with Gasteiger partial charge in [-0.2, -0.15) is 0 Å². The molecule has 168 valence electrons. The van der Waals surface area contributed by atoms with Crippen LogP contribution in [0.4, 0.5) is 5.69 Å². The Morgan fingerprint density at radius 1 is 1.09 bits per heavy atom. The fraction of sp³-hybridized carbons (Fsp3) is 0.400. The summed E-state index contributed by atoms with van der Waals surface area (Å²) >= 11 is 3.35. The van der Waals surface area contributed by atoms with Crippen LogP contribution in [0.3, 0.4) is 0 Å². The van der Waals surface area contributed by atoms with Crippen LogP contribution < -0.4 is 5.32 Å². The normalized spacial score (nSPS) is 18.6. The first kappa shape index (κ1) is 22.8. The van der Waals surface area contributed by atoms with E-state index in [0.29, 0.717) is 18.5 Å². The topological polar surface area (TPSA) is 79.3 Å². The zero-order valence-corrected chi connectivity index (χ0v) is 20.2. The number of thioether (sulfide) groups is 1. The van der Waals surface area contributed by atoms with Crippen LogP contribution in [0.1, 0.15) is 47.9 Å². The zero-order chi connectivity index (χ0) is 22.8. The predicted octanol–water partition coefficient (Wildman–Crippen LogP) is 6.34. The predicted molar refractivity (Wildman–Crippen MR) is 132 cm³/mol. The summed E-state index contributed by atoms with van der Waals surface area (Å²) in [4.78, 5) is 29.1. The summed E-state index contributed by atoms with van der Waals surface area (Å²) in [6.07, 6.45) is 2.97. The van der Waals surface area contributed by atoms with Crippen LogP contribution in [0.15, 0.2) is 34.7 Å². The van der Waals surface area contributed by atoms with Crippen molar-refractivity contribution in [3.05, 3.63) is 52.6 Å². The lowest BCUT2D eigenvalue weighted by atomic mass is 9.78. The van der Waals surface area contributed by atoms with Crippen LogP contribution in [-0.4, -0.2) is 22.0 Å². The third-order valence-electron chi connectivity index (χ3n) is 6.24. The molecule has 3 aromatic rings. The highest BCUT2D eigenvalue weighted by Crippen LogP contribution is 2.35. The average molecular weight is 469 g/mol. The number of hydrogen-bond acceptors (Lipinski definition) is 5. The molecule has 1 aliphatic carbocycles.